The molecule has 2 aliphatic rings. The summed E-state index contributed by atoms with van der Waals surface area (Å²) in [5.74, 6) is 0. The van der Waals surface area contributed by atoms with Crippen molar-refractivity contribution in [2.45, 2.75) is 51.6 Å². The van der Waals surface area contributed by atoms with Crippen molar-refractivity contribution in [2.24, 2.45) is 0 Å². The van der Waals surface area contributed by atoms with Gasteiger partial charge in [-0.3, -0.25) is 4.90 Å². The first kappa shape index (κ1) is 13.0. The number of likely N-dealkylation sites (tertiary alicyclic amines) is 1. The lowest BCUT2D eigenvalue weighted by atomic mass is 9.96. The van der Waals surface area contributed by atoms with Crippen molar-refractivity contribution in [3.63, 3.8) is 0 Å². The average molecular weight is 258 g/mol. The van der Waals surface area contributed by atoms with Gasteiger partial charge in [0.15, 0.2) is 0 Å². The molecule has 3 rings (SSSR count). The van der Waals surface area contributed by atoms with Crippen LogP contribution < -0.4 is 4.90 Å². The Morgan fingerprint density at radius 1 is 1.00 bits per heavy atom. The lowest BCUT2D eigenvalue weighted by molar-refractivity contribution is 0.122. The third-order valence-corrected chi connectivity index (χ3v) is 4.61. The van der Waals surface area contributed by atoms with Gasteiger partial charge in [-0.05, 0) is 58.2 Å². The van der Waals surface area contributed by atoms with E-state index in [9.17, 15) is 0 Å². The minimum absolute atomic E-state index is 0.267. The molecule has 0 saturated carbocycles. The Balaban J connectivity index is 1.92. The molecule has 0 radical (unpaired) electrons. The highest BCUT2D eigenvalue weighted by Crippen LogP contribution is 2.41. The molecule has 2 aliphatic heterocycles. The van der Waals surface area contributed by atoms with E-state index in [0.717, 1.165) is 0 Å². The van der Waals surface area contributed by atoms with Crippen LogP contribution in [0.2, 0.25) is 0 Å². The topological polar surface area (TPSA) is 6.48 Å². The summed E-state index contributed by atoms with van der Waals surface area (Å²) in [6, 6.07) is 9.67. The summed E-state index contributed by atoms with van der Waals surface area (Å²) in [6.45, 7) is 10.7. The number of anilines is 1. The first-order valence-electron chi connectivity index (χ1n) is 7.68. The van der Waals surface area contributed by atoms with Crippen LogP contribution in [-0.2, 0) is 0 Å². The molecular weight excluding hydrogens is 232 g/mol. The van der Waals surface area contributed by atoms with Gasteiger partial charge >= 0.3 is 0 Å². The standard InChI is InChI=1S/C17H26N2/c1-17(2,3)19-13-6-10-16(19)14-8-4-5-9-15(14)18-11-7-12-18/h4-5,8-9,16H,6-7,10-13H2,1-3H3. The van der Waals surface area contributed by atoms with Crippen LogP contribution in [0.15, 0.2) is 24.3 Å². The number of benzene rings is 1. The molecule has 0 N–H and O–H groups in total. The molecule has 104 valence electrons. The molecule has 0 aromatic heterocycles. The van der Waals surface area contributed by atoms with Crippen LogP contribution in [0, 0.1) is 0 Å². The smallest absolute Gasteiger partial charge is 0.0414 e. The maximum absolute atomic E-state index is 2.69. The maximum atomic E-state index is 2.69. The first-order valence-corrected chi connectivity index (χ1v) is 7.68. The molecule has 0 bridgehead atoms. The SMILES string of the molecule is CC(C)(C)N1CCCC1c1ccccc1N1CCC1. The van der Waals surface area contributed by atoms with Gasteiger partial charge in [-0.25, -0.2) is 0 Å². The van der Waals surface area contributed by atoms with Crippen LogP contribution >= 0.6 is 0 Å². The van der Waals surface area contributed by atoms with Gasteiger partial charge in [0.1, 0.15) is 0 Å². The van der Waals surface area contributed by atoms with E-state index in [4.69, 9.17) is 0 Å². The molecule has 1 atom stereocenters. The molecule has 1 aromatic carbocycles. The Bertz CT molecular complexity index is 443. The van der Waals surface area contributed by atoms with Crippen LogP contribution in [0.1, 0.15) is 51.6 Å². The van der Waals surface area contributed by atoms with Crippen molar-refractivity contribution >= 4 is 5.69 Å². The minimum atomic E-state index is 0.267. The molecule has 2 heteroatoms. The van der Waals surface area contributed by atoms with Crippen LogP contribution in [0.4, 0.5) is 5.69 Å². The van der Waals surface area contributed by atoms with Crippen molar-refractivity contribution in [3.05, 3.63) is 29.8 Å². The van der Waals surface area contributed by atoms with Gasteiger partial charge in [0, 0.05) is 30.4 Å². The summed E-state index contributed by atoms with van der Waals surface area (Å²) in [5.41, 5.74) is 3.30. The highest BCUT2D eigenvalue weighted by atomic mass is 15.2. The molecular formula is C17H26N2. The number of hydrogen-bond donors (Lipinski definition) is 0. The van der Waals surface area contributed by atoms with E-state index >= 15 is 0 Å². The average Bonchev–Trinajstić information content (AvgIpc) is 2.76. The van der Waals surface area contributed by atoms with Crippen molar-refractivity contribution in [1.82, 2.24) is 4.90 Å². The van der Waals surface area contributed by atoms with Crippen molar-refractivity contribution in [3.8, 4) is 0 Å². The Hall–Kier alpha value is -1.02. The van der Waals surface area contributed by atoms with E-state index < -0.39 is 0 Å². The van der Waals surface area contributed by atoms with Gasteiger partial charge < -0.3 is 4.90 Å². The van der Waals surface area contributed by atoms with Crippen molar-refractivity contribution in [2.75, 3.05) is 24.5 Å². The molecule has 2 saturated heterocycles. The second-order valence-corrected chi connectivity index (χ2v) is 6.92. The molecule has 19 heavy (non-hydrogen) atoms. The van der Waals surface area contributed by atoms with Crippen LogP contribution in [0.25, 0.3) is 0 Å². The first-order chi connectivity index (χ1) is 9.07. The fraction of sp³-hybridized carbons (Fsp3) is 0.647. The lowest BCUT2D eigenvalue weighted by Crippen LogP contribution is -2.42. The highest BCUT2D eigenvalue weighted by molar-refractivity contribution is 5.56. The van der Waals surface area contributed by atoms with Gasteiger partial charge in [0.25, 0.3) is 0 Å². The van der Waals surface area contributed by atoms with Gasteiger partial charge in [0.05, 0.1) is 0 Å². The molecule has 2 fully saturated rings. The summed E-state index contributed by atoms with van der Waals surface area (Å²) >= 11 is 0. The van der Waals surface area contributed by atoms with E-state index in [2.05, 4.69) is 54.8 Å². The van der Waals surface area contributed by atoms with E-state index in [0.29, 0.717) is 6.04 Å². The third-order valence-electron chi connectivity index (χ3n) is 4.61. The molecule has 2 heterocycles. The number of para-hydroxylation sites is 1. The fourth-order valence-electron chi connectivity index (χ4n) is 3.51. The quantitative estimate of drug-likeness (QED) is 0.795. The second kappa shape index (κ2) is 4.82. The zero-order valence-electron chi connectivity index (χ0n) is 12.5. The number of nitrogens with zero attached hydrogens (tertiary/aromatic N) is 2. The van der Waals surface area contributed by atoms with Gasteiger partial charge in [0.2, 0.25) is 0 Å². The highest BCUT2D eigenvalue weighted by Gasteiger charge is 2.35. The van der Waals surface area contributed by atoms with Crippen LogP contribution in [-0.4, -0.2) is 30.1 Å². The summed E-state index contributed by atoms with van der Waals surface area (Å²) in [6.07, 6.45) is 3.99. The monoisotopic (exact) mass is 258 g/mol. The molecule has 2 nitrogen and oxygen atoms in total. The number of hydrogen-bond acceptors (Lipinski definition) is 2. The zero-order valence-corrected chi connectivity index (χ0v) is 12.5. The van der Waals surface area contributed by atoms with E-state index in [1.807, 2.05) is 0 Å². The zero-order chi connectivity index (χ0) is 13.5. The Morgan fingerprint density at radius 3 is 2.37 bits per heavy atom. The summed E-state index contributed by atoms with van der Waals surface area (Å²) in [5, 5.41) is 0. The molecule has 0 spiro atoms. The summed E-state index contributed by atoms with van der Waals surface area (Å²) in [4.78, 5) is 5.22. The third kappa shape index (κ3) is 2.38. The van der Waals surface area contributed by atoms with E-state index in [1.165, 1.54) is 44.6 Å². The Morgan fingerprint density at radius 2 is 1.74 bits per heavy atom. The van der Waals surface area contributed by atoms with E-state index in [1.54, 1.807) is 5.56 Å². The van der Waals surface area contributed by atoms with Crippen LogP contribution in [0.5, 0.6) is 0 Å². The predicted octanol–water partition coefficient (Wildman–Crippen LogP) is 3.83. The fourth-order valence-corrected chi connectivity index (χ4v) is 3.51. The molecule has 1 unspecified atom stereocenters. The molecule has 0 aliphatic carbocycles. The van der Waals surface area contributed by atoms with Crippen molar-refractivity contribution < 1.29 is 0 Å². The van der Waals surface area contributed by atoms with Gasteiger partial charge in [-0.15, -0.1) is 0 Å². The Labute approximate surface area is 117 Å². The molecule has 1 aromatic rings. The lowest BCUT2D eigenvalue weighted by Gasteiger charge is -2.41. The normalized spacial score (nSPS) is 24.6. The Kier molecular flexibility index (Phi) is 3.30. The van der Waals surface area contributed by atoms with Gasteiger partial charge in [-0.1, -0.05) is 18.2 Å². The minimum Gasteiger partial charge on any atom is -0.371 e. The van der Waals surface area contributed by atoms with Gasteiger partial charge in [-0.2, -0.15) is 0 Å². The van der Waals surface area contributed by atoms with Crippen molar-refractivity contribution in [1.29, 1.82) is 0 Å². The summed E-state index contributed by atoms with van der Waals surface area (Å²) in [7, 11) is 0. The number of rotatable bonds is 2. The molecule has 0 amide bonds. The second-order valence-electron chi connectivity index (χ2n) is 6.92. The largest absolute Gasteiger partial charge is 0.371 e. The predicted molar refractivity (Wildman–Crippen MR) is 81.7 cm³/mol. The summed E-state index contributed by atoms with van der Waals surface area (Å²) < 4.78 is 0. The van der Waals surface area contributed by atoms with Crippen LogP contribution in [0.3, 0.4) is 0 Å². The maximum Gasteiger partial charge on any atom is 0.0414 e. The van der Waals surface area contributed by atoms with E-state index in [-0.39, 0.29) is 5.54 Å².